The Kier molecular flexibility index (Phi) is 0.985. The standard InChI is InChI=1S/C8H7NO2S/c10-7-5-3-1-2-4(12-3)6(5)8(11)9-7/h1-4,9-11H. The number of nitrogens with one attached hydrogen (secondary N) is 1. The van der Waals surface area contributed by atoms with Crippen LogP contribution in [0.1, 0.15) is 21.6 Å². The Morgan fingerprint density at radius 2 is 1.58 bits per heavy atom. The molecule has 4 heteroatoms. The highest BCUT2D eigenvalue weighted by atomic mass is 32.2. The van der Waals surface area contributed by atoms with Crippen molar-refractivity contribution in [3.05, 3.63) is 23.3 Å². The van der Waals surface area contributed by atoms with Gasteiger partial charge in [0.2, 0.25) is 0 Å². The number of fused-ring (bicyclic) bond motifs is 5. The van der Waals surface area contributed by atoms with Crippen molar-refractivity contribution >= 4 is 11.8 Å². The Hall–Kier alpha value is -1.03. The van der Waals surface area contributed by atoms with E-state index in [1.165, 1.54) is 0 Å². The van der Waals surface area contributed by atoms with Gasteiger partial charge in [0.05, 0.1) is 10.5 Å². The zero-order valence-electron chi connectivity index (χ0n) is 6.11. The fraction of sp³-hybridized carbons (Fsp3) is 0.250. The largest absolute Gasteiger partial charge is 0.494 e. The van der Waals surface area contributed by atoms with Crippen LogP contribution in [-0.2, 0) is 0 Å². The van der Waals surface area contributed by atoms with E-state index in [0.29, 0.717) is 0 Å². The molecule has 2 aliphatic heterocycles. The van der Waals surface area contributed by atoms with Crippen molar-refractivity contribution in [2.24, 2.45) is 0 Å². The predicted octanol–water partition coefficient (Wildman–Crippen LogP) is 1.82. The Labute approximate surface area is 73.1 Å². The summed E-state index contributed by atoms with van der Waals surface area (Å²) >= 11 is 1.74. The van der Waals surface area contributed by atoms with Crippen LogP contribution in [0, 0.1) is 0 Å². The Balaban J connectivity index is 2.31. The molecule has 0 aliphatic carbocycles. The van der Waals surface area contributed by atoms with E-state index in [9.17, 15) is 10.2 Å². The SMILES string of the molecule is Oc1[nH]c(O)c2c1C1C=CC2S1. The van der Waals surface area contributed by atoms with Crippen LogP contribution < -0.4 is 0 Å². The maximum Gasteiger partial charge on any atom is 0.196 e. The van der Waals surface area contributed by atoms with Gasteiger partial charge in [0, 0.05) is 11.1 Å². The Bertz CT molecular complexity index is 350. The maximum absolute atomic E-state index is 9.41. The smallest absolute Gasteiger partial charge is 0.196 e. The fourth-order valence-electron chi connectivity index (χ4n) is 1.86. The van der Waals surface area contributed by atoms with Crippen molar-refractivity contribution in [1.29, 1.82) is 0 Å². The number of aromatic amines is 1. The van der Waals surface area contributed by atoms with E-state index < -0.39 is 0 Å². The van der Waals surface area contributed by atoms with Gasteiger partial charge in [-0.3, -0.25) is 4.98 Å². The van der Waals surface area contributed by atoms with Crippen LogP contribution in [0.4, 0.5) is 0 Å². The van der Waals surface area contributed by atoms with Crippen LogP contribution in [0.15, 0.2) is 12.2 Å². The quantitative estimate of drug-likeness (QED) is 0.535. The summed E-state index contributed by atoms with van der Waals surface area (Å²) in [7, 11) is 0. The van der Waals surface area contributed by atoms with Gasteiger partial charge in [-0.05, 0) is 0 Å². The minimum absolute atomic E-state index is 0.117. The maximum atomic E-state index is 9.41. The molecule has 0 spiro atoms. The molecule has 1 aromatic rings. The summed E-state index contributed by atoms with van der Waals surface area (Å²) in [4.78, 5) is 2.54. The van der Waals surface area contributed by atoms with Crippen LogP contribution in [0.5, 0.6) is 11.8 Å². The number of aromatic nitrogens is 1. The highest BCUT2D eigenvalue weighted by Gasteiger charge is 2.39. The van der Waals surface area contributed by atoms with Crippen molar-refractivity contribution in [3.8, 4) is 11.8 Å². The van der Waals surface area contributed by atoms with Gasteiger partial charge >= 0.3 is 0 Å². The molecule has 1 aromatic heterocycles. The lowest BCUT2D eigenvalue weighted by molar-refractivity contribution is 0.422. The number of rotatable bonds is 0. The number of H-pyrrole nitrogens is 1. The summed E-state index contributed by atoms with van der Waals surface area (Å²) in [5.41, 5.74) is 1.73. The molecule has 2 bridgehead atoms. The minimum atomic E-state index is 0.117. The Morgan fingerprint density at radius 3 is 2.08 bits per heavy atom. The van der Waals surface area contributed by atoms with Gasteiger partial charge in [0.15, 0.2) is 11.8 Å². The summed E-state index contributed by atoms with van der Waals surface area (Å²) < 4.78 is 0. The van der Waals surface area contributed by atoms with Crippen LogP contribution in [0.3, 0.4) is 0 Å². The highest BCUT2D eigenvalue weighted by molar-refractivity contribution is 8.00. The molecule has 12 heavy (non-hydrogen) atoms. The van der Waals surface area contributed by atoms with Crippen LogP contribution in [0.2, 0.25) is 0 Å². The number of thioether (sulfide) groups is 1. The summed E-state index contributed by atoms with van der Waals surface area (Å²) in [6.45, 7) is 0. The van der Waals surface area contributed by atoms with Gasteiger partial charge in [0.1, 0.15) is 0 Å². The fourth-order valence-corrected chi connectivity index (χ4v) is 3.29. The zero-order chi connectivity index (χ0) is 8.29. The molecule has 2 aliphatic rings. The predicted molar refractivity (Wildman–Crippen MR) is 46.3 cm³/mol. The molecular formula is C8H7NO2S. The van der Waals surface area contributed by atoms with Crippen molar-refractivity contribution in [2.75, 3.05) is 0 Å². The first-order chi connectivity index (χ1) is 5.77. The summed E-state index contributed by atoms with van der Waals surface area (Å²) in [6, 6.07) is 0. The molecule has 0 radical (unpaired) electrons. The van der Waals surface area contributed by atoms with Gasteiger partial charge < -0.3 is 10.2 Å². The van der Waals surface area contributed by atoms with Crippen molar-refractivity contribution in [2.45, 2.75) is 10.5 Å². The second kappa shape index (κ2) is 1.82. The first-order valence-electron chi connectivity index (χ1n) is 3.75. The molecule has 2 unspecified atom stereocenters. The normalized spacial score (nSPS) is 29.7. The molecule has 2 atom stereocenters. The third kappa shape index (κ3) is 0.557. The minimum Gasteiger partial charge on any atom is -0.494 e. The molecule has 3 heterocycles. The number of aromatic hydroxyl groups is 2. The molecule has 3 N–H and O–H groups in total. The van der Waals surface area contributed by atoms with Gasteiger partial charge in [-0.2, -0.15) is 0 Å². The third-order valence-corrected chi connectivity index (χ3v) is 3.73. The van der Waals surface area contributed by atoms with Crippen molar-refractivity contribution in [1.82, 2.24) is 4.98 Å². The van der Waals surface area contributed by atoms with Crippen molar-refractivity contribution in [3.63, 3.8) is 0 Å². The molecule has 3 nitrogen and oxygen atoms in total. The van der Waals surface area contributed by atoms with Gasteiger partial charge in [-0.1, -0.05) is 12.2 Å². The molecule has 0 fully saturated rings. The third-order valence-electron chi connectivity index (χ3n) is 2.36. The monoisotopic (exact) mass is 181 g/mol. The van der Waals surface area contributed by atoms with E-state index in [2.05, 4.69) is 17.1 Å². The molecule has 0 amide bonds. The van der Waals surface area contributed by atoms with E-state index in [1.54, 1.807) is 11.8 Å². The Morgan fingerprint density at radius 1 is 1.08 bits per heavy atom. The summed E-state index contributed by atoms with van der Waals surface area (Å²) in [5, 5.41) is 19.3. The topological polar surface area (TPSA) is 56.2 Å². The zero-order valence-corrected chi connectivity index (χ0v) is 6.93. The van der Waals surface area contributed by atoms with Crippen LogP contribution in [0.25, 0.3) is 0 Å². The first-order valence-corrected chi connectivity index (χ1v) is 4.69. The number of hydrogen-bond acceptors (Lipinski definition) is 3. The molecule has 0 aromatic carbocycles. The van der Waals surface area contributed by atoms with Gasteiger partial charge in [-0.15, -0.1) is 11.8 Å². The summed E-state index contributed by atoms with van der Waals surface area (Å²) in [5.74, 6) is 0.235. The van der Waals surface area contributed by atoms with Crippen LogP contribution in [-0.4, -0.2) is 15.2 Å². The lowest BCUT2D eigenvalue weighted by Crippen LogP contribution is -1.87. The van der Waals surface area contributed by atoms with Gasteiger partial charge in [-0.25, -0.2) is 0 Å². The van der Waals surface area contributed by atoms with E-state index in [1.807, 2.05) is 0 Å². The van der Waals surface area contributed by atoms with E-state index in [4.69, 9.17) is 0 Å². The lowest BCUT2D eigenvalue weighted by Gasteiger charge is -2.01. The van der Waals surface area contributed by atoms with Crippen LogP contribution >= 0.6 is 11.8 Å². The van der Waals surface area contributed by atoms with Gasteiger partial charge in [0.25, 0.3) is 0 Å². The molecule has 0 saturated heterocycles. The lowest BCUT2D eigenvalue weighted by atomic mass is 10.0. The molecule has 0 saturated carbocycles. The molecular weight excluding hydrogens is 174 g/mol. The first kappa shape index (κ1) is 6.48. The highest BCUT2D eigenvalue weighted by Crippen LogP contribution is 2.61. The molecule has 3 rings (SSSR count). The van der Waals surface area contributed by atoms with E-state index in [-0.39, 0.29) is 22.3 Å². The van der Waals surface area contributed by atoms with E-state index >= 15 is 0 Å². The summed E-state index contributed by atoms with van der Waals surface area (Å²) in [6.07, 6.45) is 4.12. The number of hydrogen-bond donors (Lipinski definition) is 3. The van der Waals surface area contributed by atoms with E-state index in [0.717, 1.165) is 11.1 Å². The average molecular weight is 181 g/mol. The second-order valence-electron chi connectivity index (χ2n) is 3.01. The average Bonchev–Trinajstić information content (AvgIpc) is 2.64. The second-order valence-corrected chi connectivity index (χ2v) is 4.30. The van der Waals surface area contributed by atoms with Crippen molar-refractivity contribution < 1.29 is 10.2 Å². The molecule has 62 valence electrons.